The van der Waals surface area contributed by atoms with Crippen LogP contribution in [0.1, 0.15) is 36.9 Å². The van der Waals surface area contributed by atoms with Crippen molar-refractivity contribution in [1.82, 2.24) is 10.2 Å². The maximum Gasteiger partial charge on any atom is 0.223 e. The van der Waals surface area contributed by atoms with E-state index in [0.29, 0.717) is 0 Å². The third-order valence-corrected chi connectivity index (χ3v) is 5.79. The predicted molar refractivity (Wildman–Crippen MR) is 116 cm³/mol. The molecule has 1 aliphatic rings. The fraction of sp³-hybridized carbons (Fsp3) is 0.435. The average molecular weight is 417 g/mol. The average Bonchev–Trinajstić information content (AvgIpc) is 2.75. The lowest BCUT2D eigenvalue weighted by atomic mass is 9.94. The predicted octanol–water partition coefficient (Wildman–Crippen LogP) is 4.45. The number of nitrogens with one attached hydrogen (secondary N) is 1. The summed E-state index contributed by atoms with van der Waals surface area (Å²) in [6.07, 6.45) is 1.72. The number of likely N-dealkylation sites (tertiary alicyclic amines) is 1. The zero-order valence-electron chi connectivity index (χ0n) is 17.3. The minimum Gasteiger partial charge on any atom is -0.497 e. The Hall–Kier alpha value is -2.24. The van der Waals surface area contributed by atoms with Gasteiger partial charge in [-0.3, -0.25) is 9.69 Å². The van der Waals surface area contributed by atoms with E-state index in [4.69, 9.17) is 21.1 Å². The highest BCUT2D eigenvalue weighted by atomic mass is 35.5. The van der Waals surface area contributed by atoms with Gasteiger partial charge in [0.15, 0.2) is 0 Å². The standard InChI is InChI=1S/C23H29ClN2O3/c1-16(21-14-20(28-2)8-9-22(21)29-3)25-23(27)18-10-12-26(13-11-18)15-17-4-6-19(24)7-5-17/h4-9,14,16,18H,10-13,15H2,1-3H3,(H,25,27)/t16-/m0/s1. The van der Waals surface area contributed by atoms with E-state index in [-0.39, 0.29) is 17.9 Å². The summed E-state index contributed by atoms with van der Waals surface area (Å²) < 4.78 is 10.8. The molecule has 0 aliphatic carbocycles. The van der Waals surface area contributed by atoms with Gasteiger partial charge in [-0.1, -0.05) is 23.7 Å². The van der Waals surface area contributed by atoms with Gasteiger partial charge in [0, 0.05) is 23.0 Å². The Labute approximate surface area is 177 Å². The van der Waals surface area contributed by atoms with Crippen molar-refractivity contribution in [3.05, 3.63) is 58.6 Å². The van der Waals surface area contributed by atoms with Crippen LogP contribution in [0.15, 0.2) is 42.5 Å². The molecule has 156 valence electrons. The second-order valence-electron chi connectivity index (χ2n) is 7.52. The van der Waals surface area contributed by atoms with E-state index in [1.54, 1.807) is 14.2 Å². The summed E-state index contributed by atoms with van der Waals surface area (Å²) >= 11 is 5.96. The van der Waals surface area contributed by atoms with Gasteiger partial charge in [0.25, 0.3) is 0 Å². The molecule has 3 rings (SSSR count). The number of methoxy groups -OCH3 is 2. The SMILES string of the molecule is COc1ccc(OC)c([C@H](C)NC(=O)C2CCN(Cc3ccc(Cl)cc3)CC2)c1. The Morgan fingerprint density at radius 1 is 1.14 bits per heavy atom. The number of amides is 1. The van der Waals surface area contributed by atoms with E-state index >= 15 is 0 Å². The van der Waals surface area contributed by atoms with Gasteiger partial charge in [0.2, 0.25) is 5.91 Å². The molecule has 1 fully saturated rings. The summed E-state index contributed by atoms with van der Waals surface area (Å²) in [4.78, 5) is 15.2. The van der Waals surface area contributed by atoms with Crippen molar-refractivity contribution in [3.63, 3.8) is 0 Å². The summed E-state index contributed by atoms with van der Waals surface area (Å²) in [5.41, 5.74) is 2.16. The third kappa shape index (κ3) is 5.64. The molecule has 5 nitrogen and oxygen atoms in total. The van der Waals surface area contributed by atoms with Gasteiger partial charge >= 0.3 is 0 Å². The monoisotopic (exact) mass is 416 g/mol. The van der Waals surface area contributed by atoms with Gasteiger partial charge in [-0.05, 0) is 68.8 Å². The van der Waals surface area contributed by atoms with E-state index in [1.165, 1.54) is 5.56 Å². The summed E-state index contributed by atoms with van der Waals surface area (Å²) in [7, 11) is 3.27. The normalized spacial score (nSPS) is 16.3. The van der Waals surface area contributed by atoms with E-state index in [2.05, 4.69) is 22.3 Å². The van der Waals surface area contributed by atoms with Crippen LogP contribution in [0.2, 0.25) is 5.02 Å². The number of ether oxygens (including phenoxy) is 2. The van der Waals surface area contributed by atoms with E-state index < -0.39 is 0 Å². The minimum atomic E-state index is -0.153. The van der Waals surface area contributed by atoms with Crippen LogP contribution < -0.4 is 14.8 Å². The molecule has 0 spiro atoms. The van der Waals surface area contributed by atoms with Gasteiger partial charge < -0.3 is 14.8 Å². The molecular weight excluding hydrogens is 388 g/mol. The largest absolute Gasteiger partial charge is 0.497 e. The van der Waals surface area contributed by atoms with Crippen LogP contribution in [0.25, 0.3) is 0 Å². The quantitative estimate of drug-likeness (QED) is 0.724. The number of hydrogen-bond acceptors (Lipinski definition) is 4. The molecule has 29 heavy (non-hydrogen) atoms. The second kappa shape index (κ2) is 9.99. The van der Waals surface area contributed by atoms with Gasteiger partial charge in [0.05, 0.1) is 20.3 Å². The molecule has 1 amide bonds. The molecule has 6 heteroatoms. The molecule has 1 N–H and O–H groups in total. The summed E-state index contributed by atoms with van der Waals surface area (Å²) in [6, 6.07) is 13.4. The lowest BCUT2D eigenvalue weighted by Gasteiger charge is -2.32. The molecule has 0 radical (unpaired) electrons. The molecular formula is C23H29ClN2O3. The maximum atomic E-state index is 12.8. The van der Waals surface area contributed by atoms with Crippen molar-refractivity contribution in [1.29, 1.82) is 0 Å². The number of nitrogens with zero attached hydrogens (tertiary/aromatic N) is 1. The minimum absolute atomic E-state index is 0.0375. The topological polar surface area (TPSA) is 50.8 Å². The van der Waals surface area contributed by atoms with Gasteiger partial charge in [-0.2, -0.15) is 0 Å². The Bertz CT molecular complexity index is 817. The lowest BCUT2D eigenvalue weighted by molar-refractivity contribution is -0.127. The zero-order valence-corrected chi connectivity index (χ0v) is 18.0. The highest BCUT2D eigenvalue weighted by molar-refractivity contribution is 6.30. The fourth-order valence-corrected chi connectivity index (χ4v) is 3.91. The molecule has 1 aliphatic heterocycles. The number of carbonyl (C=O) groups excluding carboxylic acids is 1. The molecule has 2 aromatic rings. The summed E-state index contributed by atoms with van der Waals surface area (Å²) in [5.74, 6) is 1.64. The van der Waals surface area contributed by atoms with Crippen molar-refractivity contribution < 1.29 is 14.3 Å². The molecule has 0 bridgehead atoms. The van der Waals surface area contributed by atoms with Crippen molar-refractivity contribution in [2.24, 2.45) is 5.92 Å². The molecule has 0 aromatic heterocycles. The van der Waals surface area contributed by atoms with E-state index in [1.807, 2.05) is 37.3 Å². The van der Waals surface area contributed by atoms with Crippen LogP contribution in [-0.4, -0.2) is 38.1 Å². The van der Waals surface area contributed by atoms with Crippen LogP contribution in [0.5, 0.6) is 11.5 Å². The van der Waals surface area contributed by atoms with Crippen molar-refractivity contribution in [2.45, 2.75) is 32.4 Å². The molecule has 1 saturated heterocycles. The summed E-state index contributed by atoms with van der Waals surface area (Å²) in [6.45, 7) is 4.70. The fourth-order valence-electron chi connectivity index (χ4n) is 3.79. The van der Waals surface area contributed by atoms with Crippen LogP contribution in [0, 0.1) is 5.92 Å². The van der Waals surface area contributed by atoms with Gasteiger partial charge in [0.1, 0.15) is 11.5 Å². The summed E-state index contributed by atoms with van der Waals surface area (Å²) in [5, 5.41) is 3.91. The Morgan fingerprint density at radius 2 is 1.83 bits per heavy atom. The van der Waals surface area contributed by atoms with E-state index in [9.17, 15) is 4.79 Å². The van der Waals surface area contributed by atoms with Crippen molar-refractivity contribution >= 4 is 17.5 Å². The zero-order chi connectivity index (χ0) is 20.8. The second-order valence-corrected chi connectivity index (χ2v) is 7.95. The molecule has 1 atom stereocenters. The van der Waals surface area contributed by atoms with Crippen LogP contribution in [0.3, 0.4) is 0 Å². The van der Waals surface area contributed by atoms with Gasteiger partial charge in [-0.15, -0.1) is 0 Å². The first kappa shape index (κ1) is 21.5. The first-order valence-corrected chi connectivity index (χ1v) is 10.4. The van der Waals surface area contributed by atoms with Crippen LogP contribution >= 0.6 is 11.6 Å². The molecule has 0 saturated carbocycles. The first-order valence-electron chi connectivity index (χ1n) is 9.99. The number of hydrogen-bond donors (Lipinski definition) is 1. The maximum absolute atomic E-state index is 12.8. The Kier molecular flexibility index (Phi) is 7.40. The number of piperidine rings is 1. The molecule has 0 unspecified atom stereocenters. The number of carbonyl (C=O) groups is 1. The highest BCUT2D eigenvalue weighted by Crippen LogP contribution is 2.30. The van der Waals surface area contributed by atoms with E-state index in [0.717, 1.165) is 54.6 Å². The molecule has 2 aromatic carbocycles. The van der Waals surface area contributed by atoms with Gasteiger partial charge in [-0.25, -0.2) is 0 Å². The Balaban J connectivity index is 1.53. The van der Waals surface area contributed by atoms with Crippen molar-refractivity contribution in [2.75, 3.05) is 27.3 Å². The third-order valence-electron chi connectivity index (χ3n) is 5.54. The molecule has 1 heterocycles. The number of rotatable bonds is 7. The smallest absolute Gasteiger partial charge is 0.223 e. The Morgan fingerprint density at radius 3 is 2.45 bits per heavy atom. The van der Waals surface area contributed by atoms with Crippen LogP contribution in [-0.2, 0) is 11.3 Å². The number of halogens is 1. The van der Waals surface area contributed by atoms with Crippen LogP contribution in [0.4, 0.5) is 0 Å². The first-order chi connectivity index (χ1) is 14.0. The lowest BCUT2D eigenvalue weighted by Crippen LogP contribution is -2.40. The van der Waals surface area contributed by atoms with Crippen molar-refractivity contribution in [3.8, 4) is 11.5 Å². The number of benzene rings is 2. The highest BCUT2D eigenvalue weighted by Gasteiger charge is 2.26.